The Bertz CT molecular complexity index is 387. The maximum Gasteiger partial charge on any atom is 0.192 e. The van der Waals surface area contributed by atoms with Gasteiger partial charge in [0, 0.05) is 16.9 Å². The lowest BCUT2D eigenvalue weighted by Crippen LogP contribution is -2.41. The van der Waals surface area contributed by atoms with Crippen LogP contribution in [0.15, 0.2) is 22.9 Å². The van der Waals surface area contributed by atoms with Gasteiger partial charge in [-0.2, -0.15) is 0 Å². The first-order chi connectivity index (χ1) is 7.63. The van der Waals surface area contributed by atoms with Gasteiger partial charge < -0.3 is 4.43 Å². The molecule has 0 amide bonds. The van der Waals surface area contributed by atoms with Crippen molar-refractivity contribution in [2.45, 2.75) is 51.9 Å². The molecule has 0 radical (unpaired) electrons. The van der Waals surface area contributed by atoms with E-state index in [1.54, 1.807) is 6.20 Å². The summed E-state index contributed by atoms with van der Waals surface area (Å²) >= 11 is 3.44. The molecule has 0 spiro atoms. The maximum absolute atomic E-state index is 6.32. The van der Waals surface area contributed by atoms with Gasteiger partial charge in [0.15, 0.2) is 8.32 Å². The van der Waals surface area contributed by atoms with E-state index in [9.17, 15) is 0 Å². The summed E-state index contributed by atoms with van der Waals surface area (Å²) in [6.07, 6.45) is 3.77. The smallest absolute Gasteiger partial charge is 0.192 e. The Morgan fingerprint density at radius 1 is 1.29 bits per heavy atom. The van der Waals surface area contributed by atoms with Crippen LogP contribution in [0.1, 0.15) is 39.4 Å². The van der Waals surface area contributed by atoms with Gasteiger partial charge in [-0.3, -0.25) is 4.98 Å². The molecule has 0 aliphatic carbocycles. The Morgan fingerprint density at radius 3 is 2.35 bits per heavy atom. The minimum absolute atomic E-state index is 0.0980. The third kappa shape index (κ3) is 3.90. The van der Waals surface area contributed by atoms with Crippen molar-refractivity contribution in [2.75, 3.05) is 0 Å². The van der Waals surface area contributed by atoms with Gasteiger partial charge in [0.1, 0.15) is 0 Å². The van der Waals surface area contributed by atoms with Gasteiger partial charge in [0.2, 0.25) is 0 Å². The van der Waals surface area contributed by atoms with Crippen molar-refractivity contribution in [1.29, 1.82) is 0 Å². The molecule has 0 aromatic carbocycles. The lowest BCUT2D eigenvalue weighted by atomic mass is 10.2. The van der Waals surface area contributed by atoms with E-state index in [2.05, 4.69) is 67.8 Å². The van der Waals surface area contributed by atoms with E-state index >= 15 is 0 Å². The molecular formula is C13H22BrNOSi. The quantitative estimate of drug-likeness (QED) is 0.738. The first-order valence-electron chi connectivity index (χ1n) is 5.92. The van der Waals surface area contributed by atoms with Crippen molar-refractivity contribution in [1.82, 2.24) is 4.98 Å². The second-order valence-electron chi connectivity index (χ2n) is 5.96. The van der Waals surface area contributed by atoms with Crippen LogP contribution in [-0.2, 0) is 4.43 Å². The van der Waals surface area contributed by atoms with Crippen LogP contribution >= 0.6 is 15.9 Å². The second-order valence-corrected chi connectivity index (χ2v) is 11.6. The molecule has 96 valence electrons. The van der Waals surface area contributed by atoms with Crippen molar-refractivity contribution >= 4 is 24.2 Å². The van der Waals surface area contributed by atoms with E-state index in [1.165, 1.54) is 0 Å². The van der Waals surface area contributed by atoms with Gasteiger partial charge in [-0.25, -0.2) is 0 Å². The van der Waals surface area contributed by atoms with Gasteiger partial charge in [-0.1, -0.05) is 20.8 Å². The fraction of sp³-hybridized carbons (Fsp3) is 0.615. The van der Waals surface area contributed by atoms with Gasteiger partial charge in [0.05, 0.1) is 6.10 Å². The maximum atomic E-state index is 6.32. The summed E-state index contributed by atoms with van der Waals surface area (Å²) in [6.45, 7) is 13.4. The van der Waals surface area contributed by atoms with Gasteiger partial charge in [-0.05, 0) is 52.6 Å². The fourth-order valence-electron chi connectivity index (χ4n) is 1.34. The molecule has 2 nitrogen and oxygen atoms in total. The minimum atomic E-state index is -1.71. The molecule has 0 N–H and O–H groups in total. The highest BCUT2D eigenvalue weighted by molar-refractivity contribution is 9.10. The van der Waals surface area contributed by atoms with Crippen molar-refractivity contribution in [3.8, 4) is 0 Å². The average Bonchev–Trinajstić information content (AvgIpc) is 2.15. The molecule has 0 saturated carbocycles. The zero-order chi connectivity index (χ0) is 13.3. The van der Waals surface area contributed by atoms with Crippen LogP contribution in [-0.4, -0.2) is 13.3 Å². The molecule has 0 bridgehead atoms. The molecule has 17 heavy (non-hydrogen) atoms. The van der Waals surface area contributed by atoms with Crippen LogP contribution in [0.4, 0.5) is 0 Å². The molecule has 4 heteroatoms. The zero-order valence-electron chi connectivity index (χ0n) is 11.5. The Morgan fingerprint density at radius 2 is 1.88 bits per heavy atom. The minimum Gasteiger partial charge on any atom is -0.410 e. The Labute approximate surface area is 114 Å². The summed E-state index contributed by atoms with van der Waals surface area (Å²) in [5.74, 6) is 0. The monoisotopic (exact) mass is 315 g/mol. The summed E-state index contributed by atoms with van der Waals surface area (Å²) in [6, 6.07) is 2.07. The Balaban J connectivity index is 2.83. The van der Waals surface area contributed by atoms with Crippen LogP contribution in [0.25, 0.3) is 0 Å². The lowest BCUT2D eigenvalue weighted by Gasteiger charge is -2.38. The van der Waals surface area contributed by atoms with Crippen molar-refractivity contribution in [3.63, 3.8) is 0 Å². The number of aromatic nitrogens is 1. The number of hydrogen-bond acceptors (Lipinski definition) is 2. The van der Waals surface area contributed by atoms with Crippen LogP contribution in [0.3, 0.4) is 0 Å². The third-order valence-electron chi connectivity index (χ3n) is 3.47. The summed E-state index contributed by atoms with van der Waals surface area (Å²) in [7, 11) is -1.71. The third-order valence-corrected chi connectivity index (χ3v) is 8.46. The fourth-order valence-corrected chi connectivity index (χ4v) is 3.09. The molecule has 1 aromatic rings. The number of halogens is 1. The SMILES string of the molecule is CC(O[Si](C)(C)C(C)(C)C)c1cncc(Br)c1. The molecule has 0 fully saturated rings. The molecule has 0 aliphatic rings. The number of nitrogens with zero attached hydrogens (tertiary/aromatic N) is 1. The van der Waals surface area contributed by atoms with Crippen molar-refractivity contribution in [3.05, 3.63) is 28.5 Å². The highest BCUT2D eigenvalue weighted by Gasteiger charge is 2.38. The summed E-state index contributed by atoms with van der Waals surface area (Å²) < 4.78 is 7.32. The first-order valence-corrected chi connectivity index (χ1v) is 9.62. The molecule has 1 atom stereocenters. The predicted octanol–water partition coefficient (Wildman–Crippen LogP) is 4.93. The van der Waals surface area contributed by atoms with Crippen LogP contribution in [0.5, 0.6) is 0 Å². The second kappa shape index (κ2) is 5.20. The van der Waals surface area contributed by atoms with E-state index in [-0.39, 0.29) is 11.1 Å². The zero-order valence-corrected chi connectivity index (χ0v) is 14.1. The van der Waals surface area contributed by atoms with E-state index in [4.69, 9.17) is 4.43 Å². The van der Waals surface area contributed by atoms with E-state index in [0.29, 0.717) is 0 Å². The molecule has 0 saturated heterocycles. The normalized spacial score (nSPS) is 14.8. The van der Waals surface area contributed by atoms with Gasteiger partial charge in [0.25, 0.3) is 0 Å². The van der Waals surface area contributed by atoms with E-state index < -0.39 is 8.32 Å². The molecular weight excluding hydrogens is 294 g/mol. The molecule has 1 rings (SSSR count). The van der Waals surface area contributed by atoms with Gasteiger partial charge in [-0.15, -0.1) is 0 Å². The van der Waals surface area contributed by atoms with E-state index in [0.717, 1.165) is 10.0 Å². The Hall–Kier alpha value is -0.193. The highest BCUT2D eigenvalue weighted by atomic mass is 79.9. The molecule has 1 unspecified atom stereocenters. The predicted molar refractivity (Wildman–Crippen MR) is 78.6 cm³/mol. The molecule has 0 aliphatic heterocycles. The molecule has 1 heterocycles. The summed E-state index contributed by atoms with van der Waals surface area (Å²) in [5.41, 5.74) is 1.13. The van der Waals surface area contributed by atoms with Crippen LogP contribution in [0.2, 0.25) is 18.1 Å². The summed E-state index contributed by atoms with van der Waals surface area (Å²) in [5, 5.41) is 0.237. The van der Waals surface area contributed by atoms with Crippen LogP contribution < -0.4 is 0 Å². The lowest BCUT2D eigenvalue weighted by molar-refractivity contribution is 0.202. The van der Waals surface area contributed by atoms with Gasteiger partial charge >= 0.3 is 0 Å². The average molecular weight is 316 g/mol. The number of hydrogen-bond donors (Lipinski definition) is 0. The van der Waals surface area contributed by atoms with Crippen molar-refractivity contribution < 1.29 is 4.43 Å². The standard InChI is InChI=1S/C13H22BrNOSi/c1-10(11-7-12(14)9-15-8-11)16-17(5,6)13(2,3)4/h7-10H,1-6H3. The Kier molecular flexibility index (Phi) is 4.55. The molecule has 1 aromatic heterocycles. The van der Waals surface area contributed by atoms with Crippen LogP contribution in [0, 0.1) is 0 Å². The highest BCUT2D eigenvalue weighted by Crippen LogP contribution is 2.39. The van der Waals surface area contributed by atoms with Crippen molar-refractivity contribution in [2.24, 2.45) is 0 Å². The largest absolute Gasteiger partial charge is 0.410 e. The first kappa shape index (κ1) is 14.9. The number of rotatable bonds is 3. The topological polar surface area (TPSA) is 22.1 Å². The summed E-state index contributed by atoms with van der Waals surface area (Å²) in [4.78, 5) is 4.19. The number of pyridine rings is 1. The van der Waals surface area contributed by atoms with E-state index in [1.807, 2.05) is 6.20 Å².